The van der Waals surface area contributed by atoms with Crippen molar-refractivity contribution < 1.29 is 13.2 Å². The number of ether oxygens (including phenoxy) is 1. The molecule has 2 heterocycles. The number of hydrogen-bond donors (Lipinski definition) is 1. The summed E-state index contributed by atoms with van der Waals surface area (Å²) in [5.74, 6) is 1.51. The molecule has 0 saturated heterocycles. The number of fused-ring (bicyclic) bond motifs is 1. The fourth-order valence-electron chi connectivity index (χ4n) is 2.41. The van der Waals surface area contributed by atoms with Crippen LogP contribution in [0.4, 0.5) is 0 Å². The highest BCUT2D eigenvalue weighted by atomic mass is 32.2. The van der Waals surface area contributed by atoms with Crippen LogP contribution in [0.2, 0.25) is 0 Å². The highest BCUT2D eigenvalue weighted by Crippen LogP contribution is 2.26. The normalized spacial score (nSPS) is 14.1. The molecule has 0 aliphatic carbocycles. The van der Waals surface area contributed by atoms with Crippen molar-refractivity contribution in [1.29, 1.82) is 0 Å². The molecule has 1 N–H and O–H groups in total. The molecule has 0 saturated carbocycles. The Hall–Kier alpha value is -1.93. The molecule has 0 atom stereocenters. The van der Waals surface area contributed by atoms with Gasteiger partial charge in [-0.3, -0.25) is 5.10 Å². The van der Waals surface area contributed by atoms with E-state index in [9.17, 15) is 8.42 Å². The first-order valence-corrected chi connectivity index (χ1v) is 8.68. The maximum atomic E-state index is 12.3. The summed E-state index contributed by atoms with van der Waals surface area (Å²) in [6, 6.07) is 5.88. The Bertz CT molecular complexity index is 743. The molecule has 0 spiro atoms. The number of aromatic nitrogens is 3. The monoisotopic (exact) mass is 322 g/mol. The number of nitrogens with zero attached hydrogens (tertiary/aromatic N) is 3. The first-order valence-electron chi connectivity index (χ1n) is 7.07. The van der Waals surface area contributed by atoms with E-state index in [1.807, 2.05) is 18.2 Å². The Balaban J connectivity index is 1.62. The summed E-state index contributed by atoms with van der Waals surface area (Å²) in [4.78, 5) is 3.94. The summed E-state index contributed by atoms with van der Waals surface area (Å²) in [6.07, 6.45) is 2.74. The van der Waals surface area contributed by atoms with E-state index in [-0.39, 0.29) is 12.3 Å². The second-order valence-electron chi connectivity index (χ2n) is 5.29. The molecule has 1 aromatic carbocycles. The predicted molar refractivity (Wildman–Crippen MR) is 81.0 cm³/mol. The van der Waals surface area contributed by atoms with Crippen LogP contribution < -0.4 is 4.74 Å². The van der Waals surface area contributed by atoms with Gasteiger partial charge in [0.15, 0.2) is 0 Å². The van der Waals surface area contributed by atoms with Crippen molar-refractivity contribution in [3.8, 4) is 5.75 Å². The van der Waals surface area contributed by atoms with Crippen LogP contribution in [0.1, 0.15) is 17.0 Å². The van der Waals surface area contributed by atoms with E-state index in [2.05, 4.69) is 15.2 Å². The number of sulfonamides is 1. The average Bonchev–Trinajstić information content (AvgIpc) is 3.15. The van der Waals surface area contributed by atoms with Gasteiger partial charge in [0, 0.05) is 13.5 Å². The molecule has 2 aromatic rings. The zero-order chi connectivity index (χ0) is 15.6. The van der Waals surface area contributed by atoms with Gasteiger partial charge in [0.25, 0.3) is 0 Å². The van der Waals surface area contributed by atoms with Crippen molar-refractivity contribution in [3.63, 3.8) is 0 Å². The van der Waals surface area contributed by atoms with Gasteiger partial charge in [0.2, 0.25) is 10.0 Å². The first kappa shape index (κ1) is 15.0. The van der Waals surface area contributed by atoms with Gasteiger partial charge in [-0.15, -0.1) is 0 Å². The van der Waals surface area contributed by atoms with Crippen molar-refractivity contribution in [2.24, 2.45) is 0 Å². The van der Waals surface area contributed by atoms with Crippen LogP contribution in [0.3, 0.4) is 0 Å². The fourth-order valence-corrected chi connectivity index (χ4v) is 3.54. The molecule has 22 heavy (non-hydrogen) atoms. The lowest BCUT2D eigenvalue weighted by atomic mass is 10.1. The largest absolute Gasteiger partial charge is 0.493 e. The predicted octanol–water partition coefficient (Wildman–Crippen LogP) is 0.744. The Morgan fingerprint density at radius 2 is 2.27 bits per heavy atom. The molecule has 118 valence electrons. The van der Waals surface area contributed by atoms with Gasteiger partial charge in [-0.2, -0.15) is 9.40 Å². The van der Waals surface area contributed by atoms with Crippen molar-refractivity contribution >= 4 is 10.0 Å². The second-order valence-corrected chi connectivity index (χ2v) is 7.49. The third-order valence-electron chi connectivity index (χ3n) is 3.71. The van der Waals surface area contributed by atoms with Crippen LogP contribution >= 0.6 is 0 Å². The Labute approximate surface area is 129 Å². The Kier molecular flexibility index (Phi) is 4.12. The van der Waals surface area contributed by atoms with Crippen LogP contribution in [-0.2, 0) is 29.4 Å². The summed E-state index contributed by atoms with van der Waals surface area (Å²) < 4.78 is 31.4. The molecule has 0 fully saturated rings. The third kappa shape index (κ3) is 3.28. The highest BCUT2D eigenvalue weighted by molar-refractivity contribution is 7.89. The van der Waals surface area contributed by atoms with Crippen LogP contribution in [0, 0.1) is 0 Å². The minimum atomic E-state index is -3.33. The lowest BCUT2D eigenvalue weighted by Crippen LogP contribution is -2.30. The minimum Gasteiger partial charge on any atom is -0.493 e. The molecule has 0 bridgehead atoms. The number of aromatic amines is 1. The van der Waals surface area contributed by atoms with Gasteiger partial charge in [-0.05, 0) is 23.6 Å². The summed E-state index contributed by atoms with van der Waals surface area (Å²) >= 11 is 0. The van der Waals surface area contributed by atoms with Crippen LogP contribution in [0.25, 0.3) is 0 Å². The zero-order valence-electron chi connectivity index (χ0n) is 12.3. The molecular formula is C14H18N4O3S. The van der Waals surface area contributed by atoms with E-state index in [1.54, 1.807) is 7.05 Å². The number of hydrogen-bond acceptors (Lipinski definition) is 5. The van der Waals surface area contributed by atoms with E-state index in [1.165, 1.54) is 10.6 Å². The number of rotatable bonds is 6. The third-order valence-corrected chi connectivity index (χ3v) is 5.51. The maximum absolute atomic E-state index is 12.3. The van der Waals surface area contributed by atoms with Gasteiger partial charge >= 0.3 is 0 Å². The Morgan fingerprint density at radius 1 is 1.41 bits per heavy atom. The molecule has 8 heteroatoms. The van der Waals surface area contributed by atoms with Crippen LogP contribution in [-0.4, -0.2) is 47.3 Å². The number of benzene rings is 1. The van der Waals surface area contributed by atoms with Gasteiger partial charge in [-0.1, -0.05) is 12.1 Å². The van der Waals surface area contributed by atoms with Crippen LogP contribution in [0.15, 0.2) is 24.5 Å². The molecule has 1 aliphatic rings. The van der Waals surface area contributed by atoms with Gasteiger partial charge in [0.05, 0.1) is 18.9 Å². The van der Waals surface area contributed by atoms with E-state index in [0.29, 0.717) is 18.9 Å². The number of nitrogens with one attached hydrogen (secondary N) is 1. The van der Waals surface area contributed by atoms with E-state index < -0.39 is 10.0 Å². The van der Waals surface area contributed by atoms with Crippen molar-refractivity contribution in [1.82, 2.24) is 19.5 Å². The lowest BCUT2D eigenvalue weighted by Gasteiger charge is -2.15. The van der Waals surface area contributed by atoms with Gasteiger partial charge < -0.3 is 4.74 Å². The zero-order valence-corrected chi connectivity index (χ0v) is 13.1. The van der Waals surface area contributed by atoms with Crippen LogP contribution in [0.5, 0.6) is 5.75 Å². The van der Waals surface area contributed by atoms with Gasteiger partial charge in [-0.25, -0.2) is 13.4 Å². The molecule has 0 amide bonds. The van der Waals surface area contributed by atoms with E-state index in [0.717, 1.165) is 23.3 Å². The number of aryl methyl sites for hydroxylation is 1. The SMILES string of the molecule is CN(Cc1ncn[nH]1)S(=O)(=O)CCc1ccc2c(c1)CCO2. The Morgan fingerprint density at radius 3 is 3.05 bits per heavy atom. The molecule has 0 radical (unpaired) electrons. The maximum Gasteiger partial charge on any atom is 0.214 e. The van der Waals surface area contributed by atoms with Crippen molar-refractivity contribution in [3.05, 3.63) is 41.5 Å². The minimum absolute atomic E-state index is 0.0667. The van der Waals surface area contributed by atoms with E-state index >= 15 is 0 Å². The highest BCUT2D eigenvalue weighted by Gasteiger charge is 2.20. The van der Waals surface area contributed by atoms with E-state index in [4.69, 9.17) is 4.74 Å². The number of H-pyrrole nitrogens is 1. The average molecular weight is 322 g/mol. The summed E-state index contributed by atoms with van der Waals surface area (Å²) in [6.45, 7) is 0.900. The summed E-state index contributed by atoms with van der Waals surface area (Å²) in [7, 11) is -1.78. The first-order chi connectivity index (χ1) is 10.5. The fraction of sp³-hybridized carbons (Fsp3) is 0.429. The standard InChI is InChI=1S/C14H18N4O3S/c1-18(9-14-15-10-16-17-14)22(19,20)7-5-11-2-3-13-12(8-11)4-6-21-13/h2-3,8,10H,4-7,9H2,1H3,(H,15,16,17). The summed E-state index contributed by atoms with van der Waals surface area (Å²) in [5, 5.41) is 6.38. The molecule has 1 aromatic heterocycles. The summed E-state index contributed by atoms with van der Waals surface area (Å²) in [5.41, 5.74) is 2.17. The second kappa shape index (κ2) is 6.05. The molecule has 0 unspecified atom stereocenters. The topological polar surface area (TPSA) is 88.2 Å². The molecule has 7 nitrogen and oxygen atoms in total. The molecule has 3 rings (SSSR count). The smallest absolute Gasteiger partial charge is 0.214 e. The van der Waals surface area contributed by atoms with Crippen molar-refractivity contribution in [2.45, 2.75) is 19.4 Å². The quantitative estimate of drug-likeness (QED) is 0.847. The molecule has 1 aliphatic heterocycles. The molecular weight excluding hydrogens is 304 g/mol. The lowest BCUT2D eigenvalue weighted by molar-refractivity contribution is 0.357. The van der Waals surface area contributed by atoms with Gasteiger partial charge in [0.1, 0.15) is 17.9 Å². The van der Waals surface area contributed by atoms with Crippen molar-refractivity contribution in [2.75, 3.05) is 19.4 Å².